The van der Waals surface area contributed by atoms with E-state index in [-0.39, 0.29) is 17.7 Å². The number of rotatable bonds is 2. The van der Waals surface area contributed by atoms with Crippen LogP contribution in [0.4, 0.5) is 5.82 Å². The molecule has 1 aliphatic rings. The van der Waals surface area contributed by atoms with Gasteiger partial charge in [-0.05, 0) is 4.92 Å². The lowest BCUT2D eigenvalue weighted by molar-refractivity contribution is -0.389. The third-order valence-corrected chi connectivity index (χ3v) is 2.77. The van der Waals surface area contributed by atoms with Gasteiger partial charge in [0.1, 0.15) is 12.8 Å². The molecule has 18 heavy (non-hydrogen) atoms. The van der Waals surface area contributed by atoms with Gasteiger partial charge in [-0.15, -0.1) is 0 Å². The third-order valence-electron chi connectivity index (χ3n) is 2.77. The lowest BCUT2D eigenvalue weighted by Gasteiger charge is -2.24. The number of carbonyl (C=O) groups is 1. The van der Waals surface area contributed by atoms with Crippen LogP contribution in [0.25, 0.3) is 0 Å². The Morgan fingerprint density at radius 3 is 3.00 bits per heavy atom. The summed E-state index contributed by atoms with van der Waals surface area (Å²) in [6.07, 6.45) is 1.77. The maximum absolute atomic E-state index is 11.6. The van der Waals surface area contributed by atoms with Crippen molar-refractivity contribution in [1.82, 2.24) is 14.5 Å². The van der Waals surface area contributed by atoms with Crippen molar-refractivity contribution in [2.45, 2.75) is 19.9 Å². The lowest BCUT2D eigenvalue weighted by atomic mass is 10.3. The van der Waals surface area contributed by atoms with Gasteiger partial charge < -0.3 is 19.8 Å². The van der Waals surface area contributed by atoms with Crippen molar-refractivity contribution in [3.63, 3.8) is 0 Å². The molecule has 2 heterocycles. The number of hydrogen-bond donors (Lipinski definition) is 0. The Kier molecular flexibility index (Phi) is 3.45. The first kappa shape index (κ1) is 12.3. The van der Waals surface area contributed by atoms with E-state index in [1.165, 1.54) is 6.20 Å². The van der Waals surface area contributed by atoms with Crippen molar-refractivity contribution >= 4 is 11.7 Å². The Morgan fingerprint density at radius 1 is 1.56 bits per heavy atom. The van der Waals surface area contributed by atoms with Crippen LogP contribution in [0.3, 0.4) is 0 Å². The average Bonchev–Trinajstić information content (AvgIpc) is 2.71. The van der Waals surface area contributed by atoms with Crippen LogP contribution in [0.15, 0.2) is 6.20 Å². The predicted molar refractivity (Wildman–Crippen MR) is 61.2 cm³/mol. The molecular weight excluding hydrogens is 240 g/mol. The van der Waals surface area contributed by atoms with Crippen LogP contribution in [0, 0.1) is 10.1 Å². The smallest absolute Gasteiger partial charge is 0.414 e. The highest BCUT2D eigenvalue weighted by atomic mass is 16.6. The van der Waals surface area contributed by atoms with Crippen LogP contribution in [-0.4, -0.2) is 45.0 Å². The Labute approximate surface area is 103 Å². The molecule has 1 aromatic rings. The molecule has 0 atom stereocenters. The lowest BCUT2D eigenvalue weighted by Crippen LogP contribution is -2.38. The third kappa shape index (κ3) is 2.41. The minimum atomic E-state index is -0.559. The molecule has 0 saturated heterocycles. The molecule has 98 valence electrons. The minimum Gasteiger partial charge on any atom is -0.444 e. The Hall–Kier alpha value is -2.12. The summed E-state index contributed by atoms with van der Waals surface area (Å²) >= 11 is 0. The van der Waals surface area contributed by atoms with E-state index in [9.17, 15) is 14.9 Å². The molecule has 0 spiro atoms. The Balaban J connectivity index is 2.14. The molecule has 0 bridgehead atoms. The summed E-state index contributed by atoms with van der Waals surface area (Å²) in [5.74, 6) is -0.183. The highest BCUT2D eigenvalue weighted by Crippen LogP contribution is 2.18. The Morgan fingerprint density at radius 2 is 2.33 bits per heavy atom. The number of aromatic nitrogens is 2. The molecule has 8 nitrogen and oxygen atoms in total. The summed E-state index contributed by atoms with van der Waals surface area (Å²) in [5, 5.41) is 10.6. The van der Waals surface area contributed by atoms with Gasteiger partial charge in [0, 0.05) is 24.5 Å². The quantitative estimate of drug-likeness (QED) is 0.563. The molecule has 0 fully saturated rings. The highest BCUT2D eigenvalue weighted by Gasteiger charge is 2.23. The number of nitro groups is 1. The summed E-state index contributed by atoms with van der Waals surface area (Å²) in [4.78, 5) is 27.1. The van der Waals surface area contributed by atoms with E-state index in [0.717, 1.165) is 0 Å². The molecule has 2 rings (SSSR count). The summed E-state index contributed by atoms with van der Waals surface area (Å²) in [6.45, 7) is 3.53. The molecule has 0 N–H and O–H groups in total. The molecule has 0 radical (unpaired) electrons. The van der Waals surface area contributed by atoms with Crippen LogP contribution in [0.2, 0.25) is 0 Å². The molecular formula is C10H14N4O4. The molecule has 0 aromatic carbocycles. The normalized spacial score (nSPS) is 15.3. The van der Waals surface area contributed by atoms with E-state index in [0.29, 0.717) is 32.7 Å². The summed E-state index contributed by atoms with van der Waals surface area (Å²) < 4.78 is 6.90. The van der Waals surface area contributed by atoms with Crippen LogP contribution >= 0.6 is 0 Å². The standard InChI is InChI=1S/C10H14N4O4/c1-2-9(15)12-3-4-13-7-8(14(16)17)11-10(13)18-6-5-12/h7H,2-6H2,1H3. The summed E-state index contributed by atoms with van der Waals surface area (Å²) in [7, 11) is 0. The number of fused-ring (bicyclic) bond motifs is 1. The highest BCUT2D eigenvalue weighted by molar-refractivity contribution is 5.75. The van der Waals surface area contributed by atoms with Crippen molar-refractivity contribution in [2.75, 3.05) is 19.7 Å². The van der Waals surface area contributed by atoms with Crippen LogP contribution in [-0.2, 0) is 11.3 Å². The number of ether oxygens (including phenoxy) is 1. The average molecular weight is 254 g/mol. The van der Waals surface area contributed by atoms with Crippen molar-refractivity contribution in [3.8, 4) is 6.01 Å². The zero-order valence-electron chi connectivity index (χ0n) is 10.0. The maximum Gasteiger partial charge on any atom is 0.414 e. The van der Waals surface area contributed by atoms with E-state index >= 15 is 0 Å². The van der Waals surface area contributed by atoms with Gasteiger partial charge in [-0.3, -0.25) is 9.36 Å². The molecule has 0 unspecified atom stereocenters. The monoisotopic (exact) mass is 254 g/mol. The SMILES string of the molecule is CCC(=O)N1CCOc2nc([N+](=O)[O-])cn2CC1. The summed E-state index contributed by atoms with van der Waals surface area (Å²) in [5.41, 5.74) is 0. The zero-order valence-corrected chi connectivity index (χ0v) is 10.0. The molecule has 0 aliphatic carbocycles. The van der Waals surface area contributed by atoms with Gasteiger partial charge in [0.15, 0.2) is 0 Å². The molecule has 0 saturated carbocycles. The van der Waals surface area contributed by atoms with Gasteiger partial charge >= 0.3 is 11.8 Å². The van der Waals surface area contributed by atoms with Crippen molar-refractivity contribution in [3.05, 3.63) is 16.3 Å². The van der Waals surface area contributed by atoms with Crippen molar-refractivity contribution in [1.29, 1.82) is 0 Å². The van der Waals surface area contributed by atoms with Gasteiger partial charge in [0.25, 0.3) is 0 Å². The number of nitrogens with zero attached hydrogens (tertiary/aromatic N) is 4. The first-order valence-corrected chi connectivity index (χ1v) is 5.74. The second kappa shape index (κ2) is 5.03. The van der Waals surface area contributed by atoms with Gasteiger partial charge in [-0.25, -0.2) is 0 Å². The molecule has 1 aromatic heterocycles. The molecule has 8 heteroatoms. The van der Waals surface area contributed by atoms with Crippen LogP contribution in [0.5, 0.6) is 6.01 Å². The largest absolute Gasteiger partial charge is 0.444 e. The van der Waals surface area contributed by atoms with E-state index in [2.05, 4.69) is 4.98 Å². The van der Waals surface area contributed by atoms with Gasteiger partial charge in [-0.2, -0.15) is 0 Å². The fourth-order valence-corrected chi connectivity index (χ4v) is 1.81. The second-order valence-corrected chi connectivity index (χ2v) is 3.91. The van der Waals surface area contributed by atoms with E-state index < -0.39 is 4.92 Å². The van der Waals surface area contributed by atoms with E-state index in [1.807, 2.05) is 0 Å². The predicted octanol–water partition coefficient (Wildman–Crippen LogP) is 0.422. The summed E-state index contributed by atoms with van der Waals surface area (Å²) in [6, 6.07) is 0.241. The fourth-order valence-electron chi connectivity index (χ4n) is 1.81. The number of hydrogen-bond acceptors (Lipinski definition) is 5. The van der Waals surface area contributed by atoms with Crippen molar-refractivity contribution in [2.24, 2.45) is 0 Å². The maximum atomic E-state index is 11.6. The number of imidazole rings is 1. The van der Waals surface area contributed by atoms with Gasteiger partial charge in [0.05, 0.1) is 6.54 Å². The van der Waals surface area contributed by atoms with E-state index in [4.69, 9.17) is 4.74 Å². The zero-order chi connectivity index (χ0) is 13.1. The van der Waals surface area contributed by atoms with Gasteiger partial charge in [-0.1, -0.05) is 6.92 Å². The minimum absolute atomic E-state index is 0.0525. The van der Waals surface area contributed by atoms with Crippen LogP contribution in [0.1, 0.15) is 13.3 Å². The second-order valence-electron chi connectivity index (χ2n) is 3.91. The van der Waals surface area contributed by atoms with Gasteiger partial charge in [0.2, 0.25) is 5.91 Å². The Bertz CT molecular complexity index is 470. The van der Waals surface area contributed by atoms with Crippen LogP contribution < -0.4 is 4.74 Å². The molecule has 1 amide bonds. The first-order chi connectivity index (χ1) is 8.61. The fraction of sp³-hybridized carbons (Fsp3) is 0.600. The number of amides is 1. The van der Waals surface area contributed by atoms with Crippen molar-refractivity contribution < 1.29 is 14.5 Å². The number of carbonyl (C=O) groups excluding carboxylic acids is 1. The van der Waals surface area contributed by atoms with E-state index in [1.54, 1.807) is 16.4 Å². The first-order valence-electron chi connectivity index (χ1n) is 5.74. The molecule has 1 aliphatic heterocycles. The topological polar surface area (TPSA) is 90.5 Å².